The van der Waals surface area contributed by atoms with Crippen LogP contribution in [-0.4, -0.2) is 34.3 Å². The van der Waals surface area contributed by atoms with E-state index in [9.17, 15) is 5.11 Å². The van der Waals surface area contributed by atoms with Crippen LogP contribution in [0.1, 0.15) is 19.8 Å². The van der Waals surface area contributed by atoms with Crippen molar-refractivity contribution in [3.8, 4) is 0 Å². The Labute approximate surface area is 109 Å². The van der Waals surface area contributed by atoms with Crippen LogP contribution in [0.4, 0.5) is 11.8 Å². The molecule has 1 aliphatic rings. The Morgan fingerprint density at radius 3 is 2.94 bits per heavy atom. The van der Waals surface area contributed by atoms with E-state index in [-0.39, 0.29) is 6.10 Å². The van der Waals surface area contributed by atoms with Crippen LogP contribution in [0.15, 0.2) is 10.7 Å². The van der Waals surface area contributed by atoms with Crippen molar-refractivity contribution in [3.05, 3.63) is 10.7 Å². The number of halogens is 1. The van der Waals surface area contributed by atoms with Crippen LogP contribution >= 0.6 is 15.9 Å². The molecule has 3 N–H and O–H groups in total. The number of nitrogens with one attached hydrogen (secondary N) is 2. The maximum absolute atomic E-state index is 9.78. The molecule has 0 amide bonds. The Hall–Kier alpha value is -0.880. The number of anilines is 2. The van der Waals surface area contributed by atoms with Crippen molar-refractivity contribution < 1.29 is 5.11 Å². The number of aliphatic hydroxyl groups is 1. The van der Waals surface area contributed by atoms with E-state index in [0.29, 0.717) is 18.4 Å². The summed E-state index contributed by atoms with van der Waals surface area (Å²) in [5, 5.41) is 16.0. The zero-order chi connectivity index (χ0) is 12.3. The fraction of sp³-hybridized carbons (Fsp3) is 0.636. The van der Waals surface area contributed by atoms with Gasteiger partial charge in [0.05, 0.1) is 10.6 Å². The summed E-state index contributed by atoms with van der Waals surface area (Å²) < 4.78 is 0.808. The van der Waals surface area contributed by atoms with Gasteiger partial charge >= 0.3 is 0 Å². The fourth-order valence-electron chi connectivity index (χ4n) is 1.58. The minimum atomic E-state index is -0.278. The average Bonchev–Trinajstić information content (AvgIpc) is 3.13. The zero-order valence-corrected chi connectivity index (χ0v) is 11.4. The monoisotopic (exact) mass is 300 g/mol. The molecule has 0 spiro atoms. The summed E-state index contributed by atoms with van der Waals surface area (Å²) in [6.45, 7) is 3.31. The first kappa shape index (κ1) is 12.6. The van der Waals surface area contributed by atoms with E-state index in [0.717, 1.165) is 29.7 Å². The van der Waals surface area contributed by atoms with Gasteiger partial charge in [-0.25, -0.2) is 4.98 Å². The highest BCUT2D eigenvalue weighted by atomic mass is 79.9. The van der Waals surface area contributed by atoms with E-state index in [1.54, 1.807) is 6.20 Å². The fourth-order valence-corrected chi connectivity index (χ4v) is 1.91. The number of hydrogen-bond donors (Lipinski definition) is 3. The molecule has 1 aliphatic carbocycles. The van der Waals surface area contributed by atoms with Crippen LogP contribution < -0.4 is 10.6 Å². The summed E-state index contributed by atoms with van der Waals surface area (Å²) in [5.41, 5.74) is 0. The van der Waals surface area contributed by atoms with Crippen LogP contribution in [0.3, 0.4) is 0 Å². The Morgan fingerprint density at radius 2 is 2.29 bits per heavy atom. The predicted molar refractivity (Wildman–Crippen MR) is 71.1 cm³/mol. The maximum Gasteiger partial charge on any atom is 0.224 e. The molecule has 2 rings (SSSR count). The summed E-state index contributed by atoms with van der Waals surface area (Å²) in [5.74, 6) is 1.78. The van der Waals surface area contributed by atoms with E-state index in [1.165, 1.54) is 0 Å². The van der Waals surface area contributed by atoms with Crippen molar-refractivity contribution >= 4 is 27.7 Å². The number of hydrogen-bond acceptors (Lipinski definition) is 5. The molecule has 5 nitrogen and oxygen atoms in total. The molecule has 1 unspecified atom stereocenters. The van der Waals surface area contributed by atoms with Crippen LogP contribution in [0.25, 0.3) is 0 Å². The van der Waals surface area contributed by atoms with Gasteiger partial charge in [-0.1, -0.05) is 0 Å². The third kappa shape index (κ3) is 3.54. The molecule has 0 aliphatic heterocycles. The first-order chi connectivity index (χ1) is 8.20. The Morgan fingerprint density at radius 1 is 1.53 bits per heavy atom. The van der Waals surface area contributed by atoms with Gasteiger partial charge in [0.25, 0.3) is 0 Å². The molecule has 1 fully saturated rings. The summed E-state index contributed by atoms with van der Waals surface area (Å²) in [6, 6.07) is 0. The first-order valence-corrected chi connectivity index (χ1v) is 6.68. The van der Waals surface area contributed by atoms with Gasteiger partial charge in [0, 0.05) is 19.3 Å². The van der Waals surface area contributed by atoms with Crippen molar-refractivity contribution in [2.24, 2.45) is 5.92 Å². The largest absolute Gasteiger partial charge is 0.391 e. The van der Waals surface area contributed by atoms with Crippen molar-refractivity contribution in [3.63, 3.8) is 0 Å². The highest BCUT2D eigenvalue weighted by Crippen LogP contribution is 2.32. The minimum Gasteiger partial charge on any atom is -0.391 e. The summed E-state index contributed by atoms with van der Waals surface area (Å²) >= 11 is 3.39. The summed E-state index contributed by atoms with van der Waals surface area (Å²) in [7, 11) is 0. The van der Waals surface area contributed by atoms with E-state index < -0.39 is 0 Å². The molecule has 1 atom stereocenters. The second kappa shape index (κ2) is 5.64. The second-order valence-corrected chi connectivity index (χ2v) is 5.06. The summed E-state index contributed by atoms with van der Waals surface area (Å²) in [4.78, 5) is 8.45. The normalized spacial score (nSPS) is 16.6. The molecule has 0 aromatic carbocycles. The van der Waals surface area contributed by atoms with Gasteiger partial charge in [0.1, 0.15) is 5.82 Å². The lowest BCUT2D eigenvalue weighted by atomic mass is 10.2. The molecular weight excluding hydrogens is 284 g/mol. The van der Waals surface area contributed by atoms with E-state index >= 15 is 0 Å². The van der Waals surface area contributed by atoms with Crippen LogP contribution in [0, 0.1) is 5.92 Å². The highest BCUT2D eigenvalue weighted by molar-refractivity contribution is 9.10. The number of aliphatic hydroxyl groups excluding tert-OH is 1. The van der Waals surface area contributed by atoms with Gasteiger partial charge in [-0.05, 0) is 41.6 Å². The van der Waals surface area contributed by atoms with Crippen molar-refractivity contribution in [2.75, 3.05) is 23.7 Å². The number of nitrogens with zero attached hydrogens (tertiary/aromatic N) is 2. The van der Waals surface area contributed by atoms with E-state index in [4.69, 9.17) is 0 Å². The Kier molecular flexibility index (Phi) is 4.17. The van der Waals surface area contributed by atoms with Crippen molar-refractivity contribution in [2.45, 2.75) is 25.9 Å². The molecule has 1 heterocycles. The van der Waals surface area contributed by atoms with Crippen LogP contribution in [-0.2, 0) is 0 Å². The van der Waals surface area contributed by atoms with Crippen molar-refractivity contribution in [1.82, 2.24) is 9.97 Å². The second-order valence-electron chi connectivity index (χ2n) is 4.21. The molecule has 0 radical (unpaired) electrons. The highest BCUT2D eigenvalue weighted by Gasteiger charge is 2.29. The lowest BCUT2D eigenvalue weighted by molar-refractivity contribution is 0.164. The number of aromatic nitrogens is 2. The molecule has 17 heavy (non-hydrogen) atoms. The molecule has 94 valence electrons. The van der Waals surface area contributed by atoms with Gasteiger partial charge < -0.3 is 15.7 Å². The zero-order valence-electron chi connectivity index (χ0n) is 9.78. The van der Waals surface area contributed by atoms with Gasteiger partial charge in [-0.2, -0.15) is 4.98 Å². The molecule has 0 saturated heterocycles. The molecule has 1 saturated carbocycles. The predicted octanol–water partition coefficient (Wildman–Crippen LogP) is 1.85. The molecule has 6 heteroatoms. The lowest BCUT2D eigenvalue weighted by Gasteiger charge is -2.13. The smallest absolute Gasteiger partial charge is 0.224 e. The standard InChI is InChI=1S/C11H17BrN4O/c1-2-13-11-15-5-8(12)10(16-11)14-6-9(17)7-3-4-7/h5,7,9,17H,2-4,6H2,1H3,(H2,13,14,15,16). The minimum absolute atomic E-state index is 0.278. The molecule has 1 aromatic heterocycles. The quantitative estimate of drug-likeness (QED) is 0.748. The van der Waals surface area contributed by atoms with Gasteiger partial charge in [0.2, 0.25) is 5.95 Å². The third-order valence-electron chi connectivity index (χ3n) is 2.72. The molecular formula is C11H17BrN4O. The van der Waals surface area contributed by atoms with Gasteiger partial charge in [-0.3, -0.25) is 0 Å². The average molecular weight is 301 g/mol. The van der Waals surface area contributed by atoms with Crippen LogP contribution in [0.2, 0.25) is 0 Å². The SMILES string of the molecule is CCNc1ncc(Br)c(NCC(O)C2CC2)n1. The van der Waals surface area contributed by atoms with Gasteiger partial charge in [0.15, 0.2) is 0 Å². The third-order valence-corrected chi connectivity index (χ3v) is 3.30. The first-order valence-electron chi connectivity index (χ1n) is 5.89. The lowest BCUT2D eigenvalue weighted by Crippen LogP contribution is -2.22. The van der Waals surface area contributed by atoms with E-state index in [1.807, 2.05) is 6.92 Å². The van der Waals surface area contributed by atoms with Crippen molar-refractivity contribution in [1.29, 1.82) is 0 Å². The Bertz CT molecular complexity index is 384. The van der Waals surface area contributed by atoms with Gasteiger partial charge in [-0.15, -0.1) is 0 Å². The summed E-state index contributed by atoms with van der Waals surface area (Å²) in [6.07, 6.45) is 3.70. The Balaban J connectivity index is 1.95. The number of rotatable bonds is 6. The van der Waals surface area contributed by atoms with Crippen LogP contribution in [0.5, 0.6) is 0 Å². The maximum atomic E-state index is 9.78. The molecule has 1 aromatic rings. The molecule has 0 bridgehead atoms. The van der Waals surface area contributed by atoms with E-state index in [2.05, 4.69) is 36.5 Å². The topological polar surface area (TPSA) is 70.1 Å².